The van der Waals surface area contributed by atoms with E-state index in [-0.39, 0.29) is 17.7 Å². The number of aryl methyl sites for hydroxylation is 1. The second-order valence-electron chi connectivity index (χ2n) is 4.70. The van der Waals surface area contributed by atoms with Gasteiger partial charge in [-0.25, -0.2) is 8.78 Å². The Hall–Kier alpha value is -1.61. The average Bonchev–Trinajstić information content (AvgIpc) is 2.75. The average molecular weight is 280 g/mol. The molecule has 1 N–H and O–H groups in total. The van der Waals surface area contributed by atoms with Crippen molar-refractivity contribution in [3.63, 3.8) is 0 Å². The van der Waals surface area contributed by atoms with Crippen LogP contribution in [0.15, 0.2) is 36.4 Å². The quantitative estimate of drug-likeness (QED) is 0.839. The molecule has 1 nitrogen and oxygen atoms in total. The predicted molar refractivity (Wildman–Crippen MR) is 72.5 cm³/mol. The maximum Gasteiger partial charge on any atom is 0.124 e. The van der Waals surface area contributed by atoms with Crippen LogP contribution in [0.5, 0.6) is 0 Å². The largest absolute Gasteiger partial charge is 0.377 e. The molecule has 1 aliphatic carbocycles. The lowest BCUT2D eigenvalue weighted by Crippen LogP contribution is -2.07. The fraction of sp³-hybridized carbons (Fsp3) is 0.200. The molecular weight excluding hydrogens is 268 g/mol. The number of halogens is 3. The van der Waals surface area contributed by atoms with Gasteiger partial charge in [-0.3, -0.25) is 0 Å². The first-order valence-electron chi connectivity index (χ1n) is 6.13. The van der Waals surface area contributed by atoms with Crippen molar-refractivity contribution in [2.45, 2.75) is 18.9 Å². The fourth-order valence-corrected chi connectivity index (χ4v) is 2.75. The summed E-state index contributed by atoms with van der Waals surface area (Å²) >= 11 is 6.00. The van der Waals surface area contributed by atoms with Gasteiger partial charge in [-0.15, -0.1) is 0 Å². The third kappa shape index (κ3) is 2.43. The molecule has 3 rings (SSSR count). The van der Waals surface area contributed by atoms with E-state index in [1.165, 1.54) is 18.2 Å². The van der Waals surface area contributed by atoms with Gasteiger partial charge < -0.3 is 5.32 Å². The molecular formula is C15H12ClF2N. The van der Waals surface area contributed by atoms with Gasteiger partial charge in [-0.1, -0.05) is 17.7 Å². The van der Waals surface area contributed by atoms with Crippen molar-refractivity contribution in [3.8, 4) is 0 Å². The highest BCUT2D eigenvalue weighted by atomic mass is 35.5. The molecule has 2 aromatic carbocycles. The summed E-state index contributed by atoms with van der Waals surface area (Å²) in [4.78, 5) is 0. The molecule has 0 saturated heterocycles. The lowest BCUT2D eigenvalue weighted by atomic mass is 10.1. The number of hydrogen-bond acceptors (Lipinski definition) is 1. The number of rotatable bonds is 2. The normalized spacial score (nSPS) is 17.3. The van der Waals surface area contributed by atoms with Crippen LogP contribution in [0.3, 0.4) is 0 Å². The number of benzene rings is 2. The van der Waals surface area contributed by atoms with Gasteiger partial charge in [-0.05, 0) is 54.3 Å². The van der Waals surface area contributed by atoms with Gasteiger partial charge in [0.1, 0.15) is 11.6 Å². The summed E-state index contributed by atoms with van der Waals surface area (Å²) < 4.78 is 26.1. The second-order valence-corrected chi connectivity index (χ2v) is 5.11. The summed E-state index contributed by atoms with van der Waals surface area (Å²) in [6.07, 6.45) is 1.72. The van der Waals surface area contributed by atoms with Gasteiger partial charge in [0.05, 0.1) is 16.8 Å². The summed E-state index contributed by atoms with van der Waals surface area (Å²) in [7, 11) is 0. The lowest BCUT2D eigenvalue weighted by molar-refractivity contribution is 0.625. The van der Waals surface area contributed by atoms with Crippen LogP contribution in [0.4, 0.5) is 14.5 Å². The molecule has 2 aromatic rings. The zero-order valence-electron chi connectivity index (χ0n) is 10.1. The zero-order chi connectivity index (χ0) is 13.4. The van der Waals surface area contributed by atoms with Crippen molar-refractivity contribution in [1.29, 1.82) is 0 Å². The molecule has 4 heteroatoms. The Morgan fingerprint density at radius 1 is 1.05 bits per heavy atom. The van der Waals surface area contributed by atoms with Crippen LogP contribution in [0.25, 0.3) is 0 Å². The molecule has 1 atom stereocenters. The van der Waals surface area contributed by atoms with E-state index in [4.69, 9.17) is 11.6 Å². The van der Waals surface area contributed by atoms with Crippen molar-refractivity contribution in [2.75, 3.05) is 5.32 Å². The van der Waals surface area contributed by atoms with Gasteiger partial charge in [0.2, 0.25) is 0 Å². The van der Waals surface area contributed by atoms with Crippen LogP contribution in [0, 0.1) is 11.6 Å². The molecule has 0 saturated carbocycles. The van der Waals surface area contributed by atoms with Crippen molar-refractivity contribution in [3.05, 3.63) is 64.2 Å². The van der Waals surface area contributed by atoms with Gasteiger partial charge in [-0.2, -0.15) is 0 Å². The van der Waals surface area contributed by atoms with E-state index in [0.29, 0.717) is 10.7 Å². The molecule has 0 bridgehead atoms. The SMILES string of the molecule is Fc1ccc(NC2CCc3cc(F)ccc32)c(Cl)c1. The predicted octanol–water partition coefficient (Wildman–Crippen LogP) is 4.72. The minimum atomic E-state index is -0.357. The molecule has 98 valence electrons. The first kappa shape index (κ1) is 12.4. The molecule has 19 heavy (non-hydrogen) atoms. The number of anilines is 1. The molecule has 1 aliphatic rings. The van der Waals surface area contributed by atoms with Crippen molar-refractivity contribution < 1.29 is 8.78 Å². The maximum atomic E-state index is 13.1. The van der Waals surface area contributed by atoms with Crippen LogP contribution in [-0.4, -0.2) is 0 Å². The first-order valence-corrected chi connectivity index (χ1v) is 6.51. The van der Waals surface area contributed by atoms with E-state index >= 15 is 0 Å². The van der Waals surface area contributed by atoms with Gasteiger partial charge >= 0.3 is 0 Å². The zero-order valence-corrected chi connectivity index (χ0v) is 10.8. The standard InChI is InChI=1S/C15H12ClF2N/c16-13-8-11(18)3-6-15(13)19-14-5-1-9-7-10(17)2-4-12(9)14/h2-4,6-8,14,19H,1,5H2. The van der Waals surface area contributed by atoms with E-state index in [1.807, 2.05) is 0 Å². The molecule has 0 aliphatic heterocycles. The second kappa shape index (κ2) is 4.82. The monoisotopic (exact) mass is 279 g/mol. The van der Waals surface area contributed by atoms with Crippen LogP contribution in [0.2, 0.25) is 5.02 Å². The highest BCUT2D eigenvalue weighted by Gasteiger charge is 2.23. The van der Waals surface area contributed by atoms with Crippen molar-refractivity contribution in [2.24, 2.45) is 0 Å². The Labute approximate surface area is 115 Å². The molecule has 0 spiro atoms. The summed E-state index contributed by atoms with van der Waals surface area (Å²) in [5.41, 5.74) is 2.81. The van der Waals surface area contributed by atoms with E-state index in [0.717, 1.165) is 24.0 Å². The summed E-state index contributed by atoms with van der Waals surface area (Å²) in [6, 6.07) is 9.21. The number of hydrogen-bond donors (Lipinski definition) is 1. The van der Waals surface area contributed by atoms with Gasteiger partial charge in [0.15, 0.2) is 0 Å². The number of fused-ring (bicyclic) bond motifs is 1. The molecule has 1 unspecified atom stereocenters. The molecule has 0 amide bonds. The van der Waals surface area contributed by atoms with Gasteiger partial charge in [0.25, 0.3) is 0 Å². The Bertz CT molecular complexity index is 628. The third-order valence-electron chi connectivity index (χ3n) is 3.44. The summed E-state index contributed by atoms with van der Waals surface area (Å²) in [6.45, 7) is 0. The summed E-state index contributed by atoms with van der Waals surface area (Å²) in [5, 5.41) is 3.65. The first-order chi connectivity index (χ1) is 9.13. The minimum Gasteiger partial charge on any atom is -0.377 e. The fourth-order valence-electron chi connectivity index (χ4n) is 2.53. The van der Waals surface area contributed by atoms with Crippen LogP contribution in [-0.2, 0) is 6.42 Å². The van der Waals surface area contributed by atoms with E-state index in [1.54, 1.807) is 18.2 Å². The van der Waals surface area contributed by atoms with E-state index in [9.17, 15) is 8.78 Å². The maximum absolute atomic E-state index is 13.1. The van der Waals surface area contributed by atoms with Crippen molar-refractivity contribution >= 4 is 17.3 Å². The van der Waals surface area contributed by atoms with Crippen molar-refractivity contribution in [1.82, 2.24) is 0 Å². The Kier molecular flexibility index (Phi) is 3.15. The minimum absolute atomic E-state index is 0.0959. The smallest absolute Gasteiger partial charge is 0.124 e. The summed E-state index contributed by atoms with van der Waals surface area (Å²) in [5.74, 6) is -0.566. The Balaban J connectivity index is 1.86. The van der Waals surface area contributed by atoms with E-state index < -0.39 is 0 Å². The highest BCUT2D eigenvalue weighted by molar-refractivity contribution is 6.33. The molecule has 0 aromatic heterocycles. The Morgan fingerprint density at radius 3 is 2.58 bits per heavy atom. The molecule has 0 radical (unpaired) electrons. The van der Waals surface area contributed by atoms with Crippen LogP contribution < -0.4 is 5.32 Å². The molecule has 0 heterocycles. The lowest BCUT2D eigenvalue weighted by Gasteiger charge is -2.16. The van der Waals surface area contributed by atoms with E-state index in [2.05, 4.69) is 5.32 Å². The van der Waals surface area contributed by atoms with Gasteiger partial charge in [0, 0.05) is 0 Å². The molecule has 0 fully saturated rings. The highest BCUT2D eigenvalue weighted by Crippen LogP contribution is 2.36. The van der Waals surface area contributed by atoms with Crippen LogP contribution >= 0.6 is 11.6 Å². The topological polar surface area (TPSA) is 12.0 Å². The third-order valence-corrected chi connectivity index (χ3v) is 3.76. The Morgan fingerprint density at radius 2 is 1.79 bits per heavy atom. The number of nitrogens with one attached hydrogen (secondary N) is 1. The van der Waals surface area contributed by atoms with Crippen LogP contribution in [0.1, 0.15) is 23.6 Å².